The van der Waals surface area contributed by atoms with Crippen molar-refractivity contribution < 1.29 is 0 Å². The van der Waals surface area contributed by atoms with Gasteiger partial charge in [0.25, 0.3) is 0 Å². The van der Waals surface area contributed by atoms with E-state index >= 15 is 0 Å². The van der Waals surface area contributed by atoms with Gasteiger partial charge in [0.15, 0.2) is 5.82 Å². The second-order valence-corrected chi connectivity index (χ2v) is 5.45. The van der Waals surface area contributed by atoms with Gasteiger partial charge in [0, 0.05) is 31.7 Å². The zero-order chi connectivity index (χ0) is 12.5. The average Bonchev–Trinajstić information content (AvgIpc) is 2.29. The lowest BCUT2D eigenvalue weighted by atomic mass is 10.1. The Kier molecular flexibility index (Phi) is 3.19. The van der Waals surface area contributed by atoms with Gasteiger partial charge in [-0.15, -0.1) is 0 Å². The van der Waals surface area contributed by atoms with Crippen molar-refractivity contribution >= 4 is 11.5 Å². The minimum Gasteiger partial charge on any atom is -0.394 e. The molecule has 0 unspecified atom stereocenters. The van der Waals surface area contributed by atoms with E-state index < -0.39 is 0 Å². The van der Waals surface area contributed by atoms with E-state index in [1.54, 1.807) is 12.5 Å². The van der Waals surface area contributed by atoms with Gasteiger partial charge in [-0.1, -0.05) is 0 Å². The molecule has 0 aromatic carbocycles. The van der Waals surface area contributed by atoms with E-state index in [1.165, 1.54) is 0 Å². The van der Waals surface area contributed by atoms with E-state index in [0.29, 0.717) is 5.69 Å². The van der Waals surface area contributed by atoms with Gasteiger partial charge < -0.3 is 10.6 Å². The third-order valence-corrected chi connectivity index (χ3v) is 3.25. The summed E-state index contributed by atoms with van der Waals surface area (Å²) in [6.45, 7) is 10.8. The van der Waals surface area contributed by atoms with Crippen molar-refractivity contribution in [1.29, 1.82) is 0 Å². The number of aromatic nitrogens is 2. The van der Waals surface area contributed by atoms with Crippen molar-refractivity contribution in [3.63, 3.8) is 0 Å². The Morgan fingerprint density at radius 3 is 2.35 bits per heavy atom. The summed E-state index contributed by atoms with van der Waals surface area (Å²) in [5.74, 6) is 0.869. The first kappa shape index (κ1) is 12.1. The number of anilines is 2. The predicted molar refractivity (Wildman–Crippen MR) is 70.0 cm³/mol. The van der Waals surface area contributed by atoms with Gasteiger partial charge in [-0.05, 0) is 20.8 Å². The van der Waals surface area contributed by atoms with Crippen LogP contribution >= 0.6 is 0 Å². The third-order valence-electron chi connectivity index (χ3n) is 3.25. The molecule has 1 fully saturated rings. The normalized spacial score (nSPS) is 18.4. The Morgan fingerprint density at radius 1 is 1.18 bits per heavy atom. The average molecular weight is 235 g/mol. The maximum atomic E-state index is 5.89. The van der Waals surface area contributed by atoms with E-state index in [0.717, 1.165) is 32.0 Å². The van der Waals surface area contributed by atoms with Crippen LogP contribution in [0.4, 0.5) is 11.5 Å². The van der Waals surface area contributed by atoms with Crippen LogP contribution in [0, 0.1) is 0 Å². The fraction of sp³-hybridized carbons (Fsp3) is 0.667. The van der Waals surface area contributed by atoms with E-state index in [1.807, 2.05) is 0 Å². The summed E-state index contributed by atoms with van der Waals surface area (Å²) in [6.07, 6.45) is 3.22. The first-order valence-corrected chi connectivity index (χ1v) is 6.04. The van der Waals surface area contributed by atoms with E-state index in [9.17, 15) is 0 Å². The highest BCUT2D eigenvalue weighted by molar-refractivity contribution is 5.61. The molecule has 5 nitrogen and oxygen atoms in total. The lowest BCUT2D eigenvalue weighted by Crippen LogP contribution is -2.53. The lowest BCUT2D eigenvalue weighted by molar-refractivity contribution is 0.128. The van der Waals surface area contributed by atoms with Crippen LogP contribution in [0.5, 0.6) is 0 Å². The standard InChI is InChI=1S/C12H21N5/c1-12(2,3)17-6-4-16(5-7-17)11-10(13)8-14-9-15-11/h8-9H,4-7,13H2,1-3H3. The van der Waals surface area contributed by atoms with Gasteiger partial charge in [-0.25, -0.2) is 9.97 Å². The topological polar surface area (TPSA) is 58.3 Å². The molecular weight excluding hydrogens is 214 g/mol. The van der Waals surface area contributed by atoms with Crippen LogP contribution in [0.1, 0.15) is 20.8 Å². The summed E-state index contributed by atoms with van der Waals surface area (Å²) in [5, 5.41) is 0. The maximum Gasteiger partial charge on any atom is 0.155 e. The Morgan fingerprint density at radius 2 is 1.82 bits per heavy atom. The zero-order valence-electron chi connectivity index (χ0n) is 10.8. The SMILES string of the molecule is CC(C)(C)N1CCN(c2ncncc2N)CC1. The number of nitrogen functional groups attached to an aromatic ring is 1. The molecule has 0 spiro atoms. The van der Waals surface area contributed by atoms with Crippen molar-refractivity contribution in [3.8, 4) is 0 Å². The Balaban J connectivity index is 2.03. The van der Waals surface area contributed by atoms with Gasteiger partial charge in [0.05, 0.1) is 11.9 Å². The minimum absolute atomic E-state index is 0.239. The fourth-order valence-corrected chi connectivity index (χ4v) is 2.19. The van der Waals surface area contributed by atoms with E-state index in [-0.39, 0.29) is 5.54 Å². The fourth-order valence-electron chi connectivity index (χ4n) is 2.19. The Bertz CT molecular complexity index is 377. The molecule has 5 heteroatoms. The Labute approximate surface area is 103 Å². The van der Waals surface area contributed by atoms with Crippen LogP contribution < -0.4 is 10.6 Å². The first-order valence-electron chi connectivity index (χ1n) is 6.04. The second kappa shape index (κ2) is 4.49. The van der Waals surface area contributed by atoms with Crippen LogP contribution in [0.2, 0.25) is 0 Å². The van der Waals surface area contributed by atoms with Crippen molar-refractivity contribution in [2.45, 2.75) is 26.3 Å². The van der Waals surface area contributed by atoms with Crippen molar-refractivity contribution in [3.05, 3.63) is 12.5 Å². The molecule has 1 aliphatic rings. The monoisotopic (exact) mass is 235 g/mol. The van der Waals surface area contributed by atoms with Crippen molar-refractivity contribution in [2.75, 3.05) is 36.8 Å². The summed E-state index contributed by atoms with van der Waals surface area (Å²) < 4.78 is 0. The maximum absolute atomic E-state index is 5.89. The molecular formula is C12H21N5. The third kappa shape index (κ3) is 2.66. The molecule has 1 aromatic heterocycles. The molecule has 0 aliphatic carbocycles. The highest BCUT2D eigenvalue weighted by Gasteiger charge is 2.26. The molecule has 1 aliphatic heterocycles. The van der Waals surface area contributed by atoms with Crippen molar-refractivity contribution in [1.82, 2.24) is 14.9 Å². The van der Waals surface area contributed by atoms with Crippen LogP contribution in [-0.2, 0) is 0 Å². The van der Waals surface area contributed by atoms with Gasteiger partial charge >= 0.3 is 0 Å². The summed E-state index contributed by atoms with van der Waals surface area (Å²) in [6, 6.07) is 0. The van der Waals surface area contributed by atoms with E-state index in [2.05, 4.69) is 40.5 Å². The highest BCUT2D eigenvalue weighted by atomic mass is 15.3. The molecule has 0 amide bonds. The number of piperazine rings is 1. The molecule has 94 valence electrons. The first-order chi connectivity index (χ1) is 7.98. The van der Waals surface area contributed by atoms with Crippen LogP contribution in [0.3, 0.4) is 0 Å². The summed E-state index contributed by atoms with van der Waals surface area (Å²) in [7, 11) is 0. The highest BCUT2D eigenvalue weighted by Crippen LogP contribution is 2.22. The molecule has 17 heavy (non-hydrogen) atoms. The number of rotatable bonds is 1. The molecule has 0 atom stereocenters. The molecule has 2 rings (SSSR count). The second-order valence-electron chi connectivity index (χ2n) is 5.45. The quantitative estimate of drug-likeness (QED) is 0.786. The van der Waals surface area contributed by atoms with Crippen LogP contribution in [0.15, 0.2) is 12.5 Å². The van der Waals surface area contributed by atoms with Gasteiger partial charge in [0.1, 0.15) is 6.33 Å². The van der Waals surface area contributed by atoms with Crippen molar-refractivity contribution in [2.24, 2.45) is 0 Å². The predicted octanol–water partition coefficient (Wildman–Crippen LogP) is 0.979. The molecule has 2 heterocycles. The smallest absolute Gasteiger partial charge is 0.155 e. The van der Waals surface area contributed by atoms with E-state index in [4.69, 9.17) is 5.73 Å². The van der Waals surface area contributed by atoms with Crippen LogP contribution in [0.25, 0.3) is 0 Å². The van der Waals surface area contributed by atoms with Gasteiger partial charge in [-0.2, -0.15) is 0 Å². The molecule has 2 N–H and O–H groups in total. The summed E-state index contributed by atoms with van der Waals surface area (Å²) >= 11 is 0. The molecule has 0 bridgehead atoms. The summed E-state index contributed by atoms with van der Waals surface area (Å²) in [5.41, 5.74) is 6.79. The Hall–Kier alpha value is -1.36. The van der Waals surface area contributed by atoms with Crippen LogP contribution in [-0.4, -0.2) is 46.6 Å². The minimum atomic E-state index is 0.239. The molecule has 0 radical (unpaired) electrons. The molecule has 1 aromatic rings. The number of hydrogen-bond donors (Lipinski definition) is 1. The van der Waals surface area contributed by atoms with Gasteiger partial charge in [0.2, 0.25) is 0 Å². The summed E-state index contributed by atoms with van der Waals surface area (Å²) in [4.78, 5) is 12.9. The number of nitrogens with zero attached hydrogens (tertiary/aromatic N) is 4. The van der Waals surface area contributed by atoms with Gasteiger partial charge in [-0.3, -0.25) is 4.90 Å². The number of hydrogen-bond acceptors (Lipinski definition) is 5. The largest absolute Gasteiger partial charge is 0.394 e. The number of nitrogens with two attached hydrogens (primary N) is 1. The zero-order valence-corrected chi connectivity index (χ0v) is 10.8. The molecule has 1 saturated heterocycles. The molecule has 0 saturated carbocycles. The lowest BCUT2D eigenvalue weighted by Gasteiger charge is -2.42.